The number of hydrogen-bond acceptors (Lipinski definition) is 2. The van der Waals surface area contributed by atoms with Crippen LogP contribution in [0.25, 0.3) is 0 Å². The molecule has 1 heterocycles. The average molecular weight is 263 g/mol. The monoisotopic (exact) mass is 263 g/mol. The van der Waals surface area contributed by atoms with E-state index in [0.29, 0.717) is 6.54 Å². The van der Waals surface area contributed by atoms with Crippen LogP contribution in [0, 0.1) is 5.82 Å². The minimum atomic E-state index is -0.432. The number of carbonyl (C=O) groups excluding carboxylic acids is 1. The first-order valence-corrected chi connectivity index (χ1v) is 6.44. The standard InChI is InChI=1S/C14H18FN3O/c15-12-3-1-2-4-13(12)18-14(19)17-10-7-11-5-8-16-9-6-11/h1-5,16H,6-10H2,(H2,17,18,19). The zero-order chi connectivity index (χ0) is 13.5. The van der Waals surface area contributed by atoms with Crippen molar-refractivity contribution in [1.82, 2.24) is 10.6 Å². The molecular formula is C14H18FN3O. The Morgan fingerprint density at radius 3 is 2.95 bits per heavy atom. The van der Waals surface area contributed by atoms with Crippen LogP contribution in [0.15, 0.2) is 35.9 Å². The van der Waals surface area contributed by atoms with Crippen LogP contribution in [0.3, 0.4) is 0 Å². The summed E-state index contributed by atoms with van der Waals surface area (Å²) < 4.78 is 13.3. The van der Waals surface area contributed by atoms with E-state index in [1.165, 1.54) is 17.7 Å². The average Bonchev–Trinajstić information content (AvgIpc) is 2.43. The minimum absolute atomic E-state index is 0.195. The van der Waals surface area contributed by atoms with E-state index in [-0.39, 0.29) is 11.7 Å². The van der Waals surface area contributed by atoms with E-state index in [4.69, 9.17) is 0 Å². The van der Waals surface area contributed by atoms with Crippen LogP contribution in [0.1, 0.15) is 12.8 Å². The van der Waals surface area contributed by atoms with Crippen LogP contribution in [-0.2, 0) is 0 Å². The van der Waals surface area contributed by atoms with E-state index in [9.17, 15) is 9.18 Å². The Kier molecular flexibility index (Phi) is 4.92. The van der Waals surface area contributed by atoms with Crippen molar-refractivity contribution in [2.45, 2.75) is 12.8 Å². The fourth-order valence-electron chi connectivity index (χ4n) is 1.96. The molecule has 1 aromatic carbocycles. The lowest BCUT2D eigenvalue weighted by atomic mass is 10.1. The number of amides is 2. The van der Waals surface area contributed by atoms with Crippen LogP contribution >= 0.6 is 0 Å². The molecule has 4 nitrogen and oxygen atoms in total. The molecule has 0 saturated heterocycles. The maximum atomic E-state index is 13.3. The van der Waals surface area contributed by atoms with Crippen LogP contribution < -0.4 is 16.0 Å². The van der Waals surface area contributed by atoms with E-state index < -0.39 is 5.82 Å². The predicted molar refractivity (Wildman–Crippen MR) is 73.6 cm³/mol. The second-order valence-corrected chi connectivity index (χ2v) is 4.43. The Bertz CT molecular complexity index is 474. The van der Waals surface area contributed by atoms with Gasteiger partial charge in [-0.3, -0.25) is 0 Å². The van der Waals surface area contributed by atoms with Crippen molar-refractivity contribution in [2.24, 2.45) is 0 Å². The van der Waals surface area contributed by atoms with Crippen molar-refractivity contribution in [3.05, 3.63) is 41.7 Å². The molecule has 0 aliphatic carbocycles. The van der Waals surface area contributed by atoms with Gasteiger partial charge in [-0.05, 0) is 31.5 Å². The van der Waals surface area contributed by atoms with E-state index in [1.807, 2.05) is 0 Å². The van der Waals surface area contributed by atoms with Crippen molar-refractivity contribution in [3.8, 4) is 0 Å². The highest BCUT2D eigenvalue weighted by molar-refractivity contribution is 5.89. The third-order valence-electron chi connectivity index (χ3n) is 3.01. The maximum absolute atomic E-state index is 13.3. The van der Waals surface area contributed by atoms with Crippen LogP contribution in [0.5, 0.6) is 0 Å². The van der Waals surface area contributed by atoms with E-state index >= 15 is 0 Å². The Balaban J connectivity index is 1.73. The summed E-state index contributed by atoms with van der Waals surface area (Å²) in [7, 11) is 0. The lowest BCUT2D eigenvalue weighted by Gasteiger charge is -2.14. The lowest BCUT2D eigenvalue weighted by molar-refractivity contribution is 0.252. The summed E-state index contributed by atoms with van der Waals surface area (Å²) in [6, 6.07) is 5.74. The van der Waals surface area contributed by atoms with Crippen molar-refractivity contribution in [1.29, 1.82) is 0 Å². The SMILES string of the molecule is O=C(NCCC1=CCNCC1)Nc1ccccc1F. The number of para-hydroxylation sites is 1. The van der Waals surface area contributed by atoms with Crippen molar-refractivity contribution in [3.63, 3.8) is 0 Å². The Morgan fingerprint density at radius 1 is 1.37 bits per heavy atom. The Labute approximate surface area is 112 Å². The lowest BCUT2D eigenvalue weighted by Crippen LogP contribution is -2.30. The molecular weight excluding hydrogens is 245 g/mol. The molecule has 102 valence electrons. The topological polar surface area (TPSA) is 53.2 Å². The van der Waals surface area contributed by atoms with Gasteiger partial charge in [0.1, 0.15) is 5.82 Å². The Morgan fingerprint density at radius 2 is 2.21 bits per heavy atom. The van der Waals surface area contributed by atoms with Gasteiger partial charge >= 0.3 is 6.03 Å². The molecule has 19 heavy (non-hydrogen) atoms. The molecule has 5 heteroatoms. The van der Waals surface area contributed by atoms with Gasteiger partial charge in [0.2, 0.25) is 0 Å². The number of carbonyl (C=O) groups is 1. The van der Waals surface area contributed by atoms with Crippen LogP contribution in [0.4, 0.5) is 14.9 Å². The zero-order valence-corrected chi connectivity index (χ0v) is 10.7. The molecule has 1 aliphatic rings. The highest BCUT2D eigenvalue weighted by Gasteiger charge is 2.06. The number of rotatable bonds is 4. The van der Waals surface area contributed by atoms with E-state index in [2.05, 4.69) is 22.0 Å². The smallest absolute Gasteiger partial charge is 0.319 e. The number of nitrogens with one attached hydrogen (secondary N) is 3. The highest BCUT2D eigenvalue weighted by Crippen LogP contribution is 2.12. The fourth-order valence-corrected chi connectivity index (χ4v) is 1.96. The summed E-state index contributed by atoms with van der Waals surface area (Å²) >= 11 is 0. The summed E-state index contributed by atoms with van der Waals surface area (Å²) in [6.07, 6.45) is 4.02. The first-order valence-electron chi connectivity index (χ1n) is 6.44. The summed E-state index contributed by atoms with van der Waals surface area (Å²) in [5.74, 6) is -0.432. The second-order valence-electron chi connectivity index (χ2n) is 4.43. The molecule has 0 saturated carbocycles. The molecule has 1 aliphatic heterocycles. The number of urea groups is 1. The van der Waals surface area contributed by atoms with Crippen LogP contribution in [0.2, 0.25) is 0 Å². The van der Waals surface area contributed by atoms with Crippen molar-refractivity contribution in [2.75, 3.05) is 25.0 Å². The van der Waals surface area contributed by atoms with Crippen molar-refractivity contribution >= 4 is 11.7 Å². The number of anilines is 1. The normalized spacial score (nSPS) is 14.7. The molecule has 2 amide bonds. The second kappa shape index (κ2) is 6.89. The molecule has 0 radical (unpaired) electrons. The fraction of sp³-hybridized carbons (Fsp3) is 0.357. The van der Waals surface area contributed by atoms with E-state index in [1.54, 1.807) is 12.1 Å². The first-order chi connectivity index (χ1) is 9.25. The van der Waals surface area contributed by atoms with Gasteiger partial charge in [0, 0.05) is 13.1 Å². The molecule has 0 spiro atoms. The molecule has 0 unspecified atom stereocenters. The number of hydrogen-bond donors (Lipinski definition) is 3. The third-order valence-corrected chi connectivity index (χ3v) is 3.01. The summed E-state index contributed by atoms with van der Waals surface area (Å²) in [5, 5.41) is 8.45. The minimum Gasteiger partial charge on any atom is -0.338 e. The largest absolute Gasteiger partial charge is 0.338 e. The predicted octanol–water partition coefficient (Wildman–Crippen LogP) is 2.26. The van der Waals surface area contributed by atoms with Gasteiger partial charge in [0.15, 0.2) is 0 Å². The van der Waals surface area contributed by atoms with Gasteiger partial charge in [-0.1, -0.05) is 23.8 Å². The highest BCUT2D eigenvalue weighted by atomic mass is 19.1. The number of benzene rings is 1. The van der Waals surface area contributed by atoms with Gasteiger partial charge in [0.25, 0.3) is 0 Å². The van der Waals surface area contributed by atoms with Crippen molar-refractivity contribution < 1.29 is 9.18 Å². The molecule has 0 bridgehead atoms. The zero-order valence-electron chi connectivity index (χ0n) is 10.7. The molecule has 2 rings (SSSR count). The van der Waals surface area contributed by atoms with E-state index in [0.717, 1.165) is 25.9 Å². The van der Waals surface area contributed by atoms with Gasteiger partial charge in [-0.2, -0.15) is 0 Å². The first kappa shape index (κ1) is 13.5. The Hall–Kier alpha value is -1.88. The molecule has 0 atom stereocenters. The summed E-state index contributed by atoms with van der Waals surface area (Å²) in [4.78, 5) is 11.6. The van der Waals surface area contributed by atoms with Crippen LogP contribution in [-0.4, -0.2) is 25.7 Å². The quantitative estimate of drug-likeness (QED) is 0.730. The molecule has 1 aromatic rings. The summed E-state index contributed by atoms with van der Waals surface area (Å²) in [6.45, 7) is 2.45. The van der Waals surface area contributed by atoms with Gasteiger partial charge in [0.05, 0.1) is 5.69 Å². The molecule has 0 fully saturated rings. The summed E-state index contributed by atoms with van der Waals surface area (Å²) in [5.41, 5.74) is 1.55. The van der Waals surface area contributed by atoms with Gasteiger partial charge in [-0.25, -0.2) is 9.18 Å². The maximum Gasteiger partial charge on any atom is 0.319 e. The molecule has 3 N–H and O–H groups in total. The molecule has 0 aromatic heterocycles. The number of halogens is 1. The van der Waals surface area contributed by atoms with Gasteiger partial charge < -0.3 is 16.0 Å². The third kappa shape index (κ3) is 4.37. The van der Waals surface area contributed by atoms with Gasteiger partial charge in [-0.15, -0.1) is 0 Å².